The van der Waals surface area contributed by atoms with Gasteiger partial charge in [0, 0.05) is 16.9 Å². The molecule has 0 unspecified atom stereocenters. The van der Waals surface area contributed by atoms with Gasteiger partial charge in [-0.25, -0.2) is 0 Å². The molecule has 0 atom stereocenters. The molecule has 0 saturated heterocycles. The first-order valence-corrected chi connectivity index (χ1v) is 9.28. The minimum atomic E-state index is 0.656. The van der Waals surface area contributed by atoms with Crippen LogP contribution in [0.2, 0.25) is 0 Å². The molecule has 0 N–H and O–H groups in total. The Labute approximate surface area is 165 Å². The van der Waals surface area contributed by atoms with Gasteiger partial charge in [0.2, 0.25) is 0 Å². The van der Waals surface area contributed by atoms with Crippen LogP contribution in [0.1, 0.15) is 16.8 Å². The van der Waals surface area contributed by atoms with Gasteiger partial charge in [-0.05, 0) is 42.3 Å². The van der Waals surface area contributed by atoms with Crippen LogP contribution in [0.3, 0.4) is 0 Å². The topological polar surface area (TPSA) is 28.7 Å². The predicted molar refractivity (Wildman–Crippen MR) is 116 cm³/mol. The minimum Gasteiger partial charge on any atom is -0.313 e. The lowest BCUT2D eigenvalue weighted by Crippen LogP contribution is -1.99. The molecule has 0 aliphatic heterocycles. The third kappa shape index (κ3) is 3.39. The Hall–Kier alpha value is -3.83. The van der Waals surface area contributed by atoms with Gasteiger partial charge in [0.1, 0.15) is 0 Å². The van der Waals surface area contributed by atoms with Crippen molar-refractivity contribution >= 4 is 11.6 Å². The van der Waals surface area contributed by atoms with Gasteiger partial charge in [-0.3, -0.25) is 0 Å². The van der Waals surface area contributed by atoms with Gasteiger partial charge >= 0.3 is 0 Å². The van der Waals surface area contributed by atoms with E-state index in [4.69, 9.17) is 0 Å². The van der Waals surface area contributed by atoms with Crippen molar-refractivity contribution in [1.29, 1.82) is 5.26 Å². The summed E-state index contributed by atoms with van der Waals surface area (Å²) in [5.74, 6) is 0. The number of allylic oxidation sites excluding steroid dienone is 1. The molecular formula is C26H20N2. The van der Waals surface area contributed by atoms with Crippen molar-refractivity contribution in [3.05, 3.63) is 114 Å². The molecule has 1 aromatic heterocycles. The number of rotatable bonds is 4. The zero-order chi connectivity index (χ0) is 19.3. The third-order valence-electron chi connectivity index (χ3n) is 4.78. The van der Waals surface area contributed by atoms with E-state index in [-0.39, 0.29) is 0 Å². The number of benzene rings is 3. The molecule has 2 heteroatoms. The number of nitriles is 1. The van der Waals surface area contributed by atoms with Crippen LogP contribution in [-0.4, -0.2) is 4.57 Å². The second-order valence-electron chi connectivity index (χ2n) is 6.66. The van der Waals surface area contributed by atoms with Crippen LogP contribution in [0.4, 0.5) is 0 Å². The first-order valence-electron chi connectivity index (χ1n) is 9.28. The first-order chi connectivity index (χ1) is 13.8. The van der Waals surface area contributed by atoms with Crippen molar-refractivity contribution in [2.45, 2.75) is 6.92 Å². The maximum Gasteiger partial charge on any atom is 0.0998 e. The second kappa shape index (κ2) is 7.82. The van der Waals surface area contributed by atoms with Gasteiger partial charge in [-0.15, -0.1) is 0 Å². The minimum absolute atomic E-state index is 0.656. The fraction of sp³-hybridized carbons (Fsp3) is 0.0385. The van der Waals surface area contributed by atoms with E-state index in [1.54, 1.807) is 0 Å². The Morgan fingerprint density at radius 3 is 2.00 bits per heavy atom. The Bertz CT molecular complexity index is 1150. The van der Waals surface area contributed by atoms with Gasteiger partial charge in [-0.1, -0.05) is 78.9 Å². The van der Waals surface area contributed by atoms with E-state index in [2.05, 4.69) is 47.9 Å². The number of nitrogens with zero attached hydrogens (tertiary/aromatic N) is 2. The lowest BCUT2D eigenvalue weighted by atomic mass is 10.0. The van der Waals surface area contributed by atoms with Crippen molar-refractivity contribution in [2.75, 3.05) is 0 Å². The average Bonchev–Trinajstić information content (AvgIpc) is 3.09. The van der Waals surface area contributed by atoms with E-state index >= 15 is 0 Å². The van der Waals surface area contributed by atoms with E-state index < -0.39 is 0 Å². The summed E-state index contributed by atoms with van der Waals surface area (Å²) in [4.78, 5) is 0. The number of aryl methyl sites for hydroxylation is 1. The van der Waals surface area contributed by atoms with Crippen LogP contribution in [-0.2, 0) is 0 Å². The monoisotopic (exact) mass is 360 g/mol. The van der Waals surface area contributed by atoms with Crippen molar-refractivity contribution < 1.29 is 0 Å². The maximum absolute atomic E-state index is 9.77. The molecule has 3 aromatic carbocycles. The fourth-order valence-corrected chi connectivity index (χ4v) is 3.53. The zero-order valence-corrected chi connectivity index (χ0v) is 15.7. The number of hydrogen-bond acceptors (Lipinski definition) is 1. The van der Waals surface area contributed by atoms with Gasteiger partial charge in [0.15, 0.2) is 0 Å². The molecule has 2 nitrogen and oxygen atoms in total. The highest BCUT2D eigenvalue weighted by atomic mass is 15.0. The molecule has 134 valence electrons. The average molecular weight is 360 g/mol. The molecule has 1 heterocycles. The maximum atomic E-state index is 9.77. The Balaban J connectivity index is 1.96. The highest BCUT2D eigenvalue weighted by Gasteiger charge is 2.15. The normalized spacial score (nSPS) is 11.2. The molecule has 0 aliphatic carbocycles. The van der Waals surface area contributed by atoms with Gasteiger partial charge in [0.05, 0.1) is 17.3 Å². The SMILES string of the molecule is Cc1cc(/C=C(\C#N)c2ccccc2)c(-c2ccccc2)n1-c1ccccc1. The number of hydrogen-bond donors (Lipinski definition) is 0. The molecule has 0 spiro atoms. The molecular weight excluding hydrogens is 340 g/mol. The molecule has 4 aromatic rings. The predicted octanol–water partition coefficient (Wildman–Crippen LogP) is 6.52. The second-order valence-corrected chi connectivity index (χ2v) is 6.66. The summed E-state index contributed by atoms with van der Waals surface area (Å²) in [5, 5.41) is 9.77. The van der Waals surface area contributed by atoms with Crippen LogP contribution in [0.25, 0.3) is 28.6 Å². The molecule has 0 radical (unpaired) electrons. The van der Waals surface area contributed by atoms with Crippen LogP contribution in [0, 0.1) is 18.3 Å². The molecule has 28 heavy (non-hydrogen) atoms. The van der Waals surface area contributed by atoms with Crippen molar-refractivity contribution in [1.82, 2.24) is 4.57 Å². The lowest BCUT2D eigenvalue weighted by molar-refractivity contribution is 1.02. The van der Waals surface area contributed by atoms with Crippen LogP contribution < -0.4 is 0 Å². The summed E-state index contributed by atoms with van der Waals surface area (Å²) >= 11 is 0. The van der Waals surface area contributed by atoms with Crippen molar-refractivity contribution in [2.24, 2.45) is 0 Å². The van der Waals surface area contributed by atoms with Gasteiger partial charge < -0.3 is 4.57 Å². The van der Waals surface area contributed by atoms with Crippen LogP contribution >= 0.6 is 0 Å². The van der Waals surface area contributed by atoms with E-state index in [1.807, 2.05) is 72.8 Å². The summed E-state index contributed by atoms with van der Waals surface area (Å²) in [7, 11) is 0. The Kier molecular flexibility index (Phi) is 4.91. The Morgan fingerprint density at radius 1 is 0.821 bits per heavy atom. The summed E-state index contributed by atoms with van der Waals surface area (Å²) < 4.78 is 2.25. The molecule has 0 fully saturated rings. The number of aromatic nitrogens is 1. The number of para-hydroxylation sites is 1. The molecule has 4 rings (SSSR count). The molecule has 0 aliphatic rings. The zero-order valence-electron chi connectivity index (χ0n) is 15.7. The van der Waals surface area contributed by atoms with Crippen LogP contribution in [0.15, 0.2) is 97.1 Å². The summed E-state index contributed by atoms with van der Waals surface area (Å²) in [6.07, 6.45) is 1.99. The fourth-order valence-electron chi connectivity index (χ4n) is 3.53. The van der Waals surface area contributed by atoms with Gasteiger partial charge in [-0.2, -0.15) is 5.26 Å². The quantitative estimate of drug-likeness (QED) is 0.381. The first kappa shape index (κ1) is 17.6. The van der Waals surface area contributed by atoms with E-state index in [1.165, 1.54) is 0 Å². The largest absolute Gasteiger partial charge is 0.313 e. The van der Waals surface area contributed by atoms with Crippen molar-refractivity contribution in [3.8, 4) is 23.0 Å². The van der Waals surface area contributed by atoms with E-state index in [9.17, 15) is 5.26 Å². The van der Waals surface area contributed by atoms with E-state index in [0.717, 1.165) is 33.8 Å². The summed E-state index contributed by atoms with van der Waals surface area (Å²) in [5.41, 5.74) is 7.06. The molecule has 0 amide bonds. The summed E-state index contributed by atoms with van der Waals surface area (Å²) in [6, 6.07) is 35.0. The lowest BCUT2D eigenvalue weighted by Gasteiger charge is -2.13. The van der Waals surface area contributed by atoms with E-state index in [0.29, 0.717) is 5.57 Å². The Morgan fingerprint density at radius 2 is 1.39 bits per heavy atom. The van der Waals surface area contributed by atoms with Crippen molar-refractivity contribution in [3.63, 3.8) is 0 Å². The highest BCUT2D eigenvalue weighted by molar-refractivity contribution is 5.93. The third-order valence-corrected chi connectivity index (χ3v) is 4.78. The smallest absolute Gasteiger partial charge is 0.0998 e. The van der Waals surface area contributed by atoms with Crippen LogP contribution in [0.5, 0.6) is 0 Å². The summed E-state index contributed by atoms with van der Waals surface area (Å²) in [6.45, 7) is 2.10. The van der Waals surface area contributed by atoms with Gasteiger partial charge in [0.25, 0.3) is 0 Å². The highest BCUT2D eigenvalue weighted by Crippen LogP contribution is 2.33. The molecule has 0 saturated carbocycles. The standard InChI is InChI=1S/C26H20N2/c1-20-17-23(18-24(19-27)21-11-5-2-6-12-21)26(22-13-7-3-8-14-22)28(20)25-15-9-4-10-16-25/h2-18H,1H3/b24-18+. The molecule has 0 bridgehead atoms.